The molecule has 0 unspecified atom stereocenters. The molecule has 0 amide bonds. The van der Waals surface area contributed by atoms with Crippen LogP contribution in [0.2, 0.25) is 5.02 Å². The fourth-order valence-corrected chi connectivity index (χ4v) is 3.48. The quantitative estimate of drug-likeness (QED) is 0.529. The molecule has 0 radical (unpaired) electrons. The number of nitrogens with zero attached hydrogens (tertiary/aromatic N) is 1. The third-order valence-corrected chi connectivity index (χ3v) is 4.88. The van der Waals surface area contributed by atoms with Gasteiger partial charge in [0.1, 0.15) is 18.7 Å². The predicted molar refractivity (Wildman–Crippen MR) is 106 cm³/mol. The Hall–Kier alpha value is -3.15. The highest BCUT2D eigenvalue weighted by Crippen LogP contribution is 2.36. The summed E-state index contributed by atoms with van der Waals surface area (Å²) >= 11 is 6.23. The largest absolute Gasteiger partial charge is 0.871 e. The maximum Gasteiger partial charge on any atom is 0.336 e. The summed E-state index contributed by atoms with van der Waals surface area (Å²) in [6, 6.07) is 16.3. The number of hydrogen-bond acceptors (Lipinski definition) is 4. The molecule has 6 heteroatoms. The summed E-state index contributed by atoms with van der Waals surface area (Å²) in [5.41, 5.74) is 2.84. The Labute approximate surface area is 166 Å². The van der Waals surface area contributed by atoms with Crippen molar-refractivity contribution in [1.29, 1.82) is 0 Å². The molecule has 2 aromatic carbocycles. The number of nitrogens with two attached hydrogens (primary N) is 1. The molecule has 0 atom stereocenters. The van der Waals surface area contributed by atoms with Crippen molar-refractivity contribution in [2.75, 3.05) is 0 Å². The van der Waals surface area contributed by atoms with Gasteiger partial charge in [0.25, 0.3) is 0 Å². The maximum absolute atomic E-state index is 12.7. The second-order valence-corrected chi connectivity index (χ2v) is 6.85. The van der Waals surface area contributed by atoms with E-state index < -0.39 is 5.63 Å². The predicted octanol–water partition coefficient (Wildman–Crippen LogP) is 2.85. The molecule has 2 aromatic heterocycles. The summed E-state index contributed by atoms with van der Waals surface area (Å²) in [6.45, 7) is 1.01. The highest BCUT2D eigenvalue weighted by molar-refractivity contribution is 6.33. The molecule has 4 rings (SSSR count). The van der Waals surface area contributed by atoms with Crippen LogP contribution in [0.5, 0.6) is 5.75 Å². The van der Waals surface area contributed by atoms with Crippen LogP contribution in [0.3, 0.4) is 0 Å². The van der Waals surface area contributed by atoms with Crippen LogP contribution in [0.1, 0.15) is 11.1 Å². The number of aromatic nitrogens is 1. The summed E-state index contributed by atoms with van der Waals surface area (Å²) in [5.74, 6) is -0.312. The number of halogens is 1. The molecule has 0 saturated heterocycles. The fourth-order valence-electron chi connectivity index (χ4n) is 3.25. The third-order valence-electron chi connectivity index (χ3n) is 4.60. The molecular formula is C22H17ClN2O3. The Morgan fingerprint density at radius 3 is 2.54 bits per heavy atom. The standard InChI is InChI=1S/C22H17ClN2O3/c23-19-10-17-16(15-4-2-1-3-5-15)11-20(26)28-22(17)18(21(19)27)13-25-12-14-6-8-24-9-7-14/h1-11,25,27H,12-13H2. The molecule has 0 aliphatic carbocycles. The minimum Gasteiger partial charge on any atom is -0.871 e. The summed E-state index contributed by atoms with van der Waals surface area (Å²) < 4.78 is 5.45. The lowest BCUT2D eigenvalue weighted by atomic mass is 9.99. The van der Waals surface area contributed by atoms with Crippen LogP contribution in [0.4, 0.5) is 0 Å². The Bertz CT molecular complexity index is 1180. The molecule has 0 aliphatic heterocycles. The zero-order chi connectivity index (χ0) is 19.5. The number of rotatable bonds is 5. The smallest absolute Gasteiger partial charge is 0.336 e. The van der Waals surface area contributed by atoms with Gasteiger partial charge in [-0.1, -0.05) is 47.7 Å². The lowest BCUT2D eigenvalue weighted by Crippen LogP contribution is -2.80. The highest BCUT2D eigenvalue weighted by atomic mass is 35.5. The van der Waals surface area contributed by atoms with Crippen LogP contribution in [-0.4, -0.2) is 4.98 Å². The number of fused-ring (bicyclic) bond motifs is 1. The second-order valence-electron chi connectivity index (χ2n) is 6.44. The first-order chi connectivity index (χ1) is 13.6. The van der Waals surface area contributed by atoms with Crippen LogP contribution in [0, 0.1) is 0 Å². The van der Waals surface area contributed by atoms with E-state index in [0.717, 1.165) is 11.1 Å². The normalized spacial score (nSPS) is 11.0. The molecule has 5 nitrogen and oxygen atoms in total. The summed E-state index contributed by atoms with van der Waals surface area (Å²) in [4.78, 5) is 16.2. The summed E-state index contributed by atoms with van der Waals surface area (Å²) in [6.07, 6.45) is 3.45. The lowest BCUT2D eigenvalue weighted by Gasteiger charge is -2.18. The minimum absolute atomic E-state index is 0.117. The van der Waals surface area contributed by atoms with Gasteiger partial charge in [0.05, 0.1) is 0 Å². The SMILES string of the molecule is O=c1cc(-c2ccccc2)c2cc(Cl)c([O-])c(C[NH2+]Cc3ccncc3)c2o1. The molecule has 2 heterocycles. The van der Waals surface area contributed by atoms with Gasteiger partial charge in [-0.15, -0.1) is 0 Å². The maximum atomic E-state index is 12.7. The van der Waals surface area contributed by atoms with Crippen molar-refractivity contribution in [3.05, 3.63) is 93.6 Å². The van der Waals surface area contributed by atoms with Gasteiger partial charge < -0.3 is 14.8 Å². The van der Waals surface area contributed by atoms with E-state index in [0.29, 0.717) is 35.2 Å². The zero-order valence-electron chi connectivity index (χ0n) is 14.9. The number of pyridine rings is 1. The van der Waals surface area contributed by atoms with E-state index >= 15 is 0 Å². The Balaban J connectivity index is 1.78. The molecule has 28 heavy (non-hydrogen) atoms. The third kappa shape index (κ3) is 3.63. The van der Waals surface area contributed by atoms with Gasteiger partial charge in [0.2, 0.25) is 0 Å². The molecule has 0 bridgehead atoms. The van der Waals surface area contributed by atoms with Crippen LogP contribution < -0.4 is 16.0 Å². The molecule has 2 N–H and O–H groups in total. The van der Waals surface area contributed by atoms with Gasteiger partial charge >= 0.3 is 5.63 Å². The van der Waals surface area contributed by atoms with Crippen molar-refractivity contribution in [1.82, 2.24) is 4.98 Å². The van der Waals surface area contributed by atoms with Gasteiger partial charge in [-0.2, -0.15) is 0 Å². The first kappa shape index (κ1) is 18.2. The van der Waals surface area contributed by atoms with Gasteiger partial charge in [-0.25, -0.2) is 4.79 Å². The van der Waals surface area contributed by atoms with E-state index in [-0.39, 0.29) is 10.8 Å². The summed E-state index contributed by atoms with van der Waals surface area (Å²) in [5, 5.41) is 15.4. The highest BCUT2D eigenvalue weighted by Gasteiger charge is 2.15. The number of hydrogen-bond donors (Lipinski definition) is 1. The monoisotopic (exact) mass is 392 g/mol. The molecule has 0 spiro atoms. The van der Waals surface area contributed by atoms with Gasteiger partial charge in [-0.3, -0.25) is 4.98 Å². The fraction of sp³-hybridized carbons (Fsp3) is 0.0909. The van der Waals surface area contributed by atoms with E-state index in [2.05, 4.69) is 4.98 Å². The Kier molecular flexibility index (Phi) is 5.10. The van der Waals surface area contributed by atoms with Crippen molar-refractivity contribution >= 4 is 22.6 Å². The van der Waals surface area contributed by atoms with Gasteiger partial charge in [-0.05, 0) is 29.3 Å². The first-order valence-corrected chi connectivity index (χ1v) is 9.23. The van der Waals surface area contributed by atoms with E-state index in [9.17, 15) is 9.90 Å². The van der Waals surface area contributed by atoms with E-state index in [1.54, 1.807) is 18.5 Å². The van der Waals surface area contributed by atoms with Crippen LogP contribution >= 0.6 is 11.6 Å². The van der Waals surface area contributed by atoms with E-state index in [4.69, 9.17) is 16.0 Å². The first-order valence-electron chi connectivity index (χ1n) is 8.85. The second kappa shape index (κ2) is 7.84. The molecule has 0 fully saturated rings. The van der Waals surface area contributed by atoms with Gasteiger partial charge in [0, 0.05) is 40.0 Å². The number of quaternary nitrogens is 1. The van der Waals surface area contributed by atoms with Crippen LogP contribution in [0.25, 0.3) is 22.1 Å². The van der Waals surface area contributed by atoms with Crippen molar-refractivity contribution in [3.63, 3.8) is 0 Å². The van der Waals surface area contributed by atoms with E-state index in [1.165, 1.54) is 6.07 Å². The number of benzene rings is 2. The van der Waals surface area contributed by atoms with Crippen molar-refractivity contribution in [2.24, 2.45) is 0 Å². The zero-order valence-corrected chi connectivity index (χ0v) is 15.6. The minimum atomic E-state index is -0.497. The molecule has 4 aromatic rings. The Morgan fingerprint density at radius 2 is 1.79 bits per heavy atom. The van der Waals surface area contributed by atoms with E-state index in [1.807, 2.05) is 47.8 Å². The summed E-state index contributed by atoms with van der Waals surface area (Å²) in [7, 11) is 0. The molecule has 0 aliphatic rings. The molecular weight excluding hydrogens is 376 g/mol. The van der Waals surface area contributed by atoms with Crippen LogP contribution in [-0.2, 0) is 13.1 Å². The lowest BCUT2D eigenvalue weighted by molar-refractivity contribution is -0.686. The van der Waals surface area contributed by atoms with Crippen LogP contribution in [0.15, 0.2) is 76.2 Å². The average Bonchev–Trinajstić information content (AvgIpc) is 2.72. The van der Waals surface area contributed by atoms with Crippen molar-refractivity contribution in [3.8, 4) is 16.9 Å². The van der Waals surface area contributed by atoms with Crippen molar-refractivity contribution in [2.45, 2.75) is 13.1 Å². The van der Waals surface area contributed by atoms with Gasteiger partial charge in [0.15, 0.2) is 0 Å². The molecule has 140 valence electrons. The average molecular weight is 393 g/mol. The Morgan fingerprint density at radius 1 is 1.04 bits per heavy atom. The molecule has 0 saturated carbocycles. The van der Waals surface area contributed by atoms with Crippen molar-refractivity contribution < 1.29 is 14.8 Å². The topological polar surface area (TPSA) is 82.8 Å².